The fourth-order valence-corrected chi connectivity index (χ4v) is 4.34. The monoisotopic (exact) mass is 372 g/mol. The van der Waals surface area contributed by atoms with E-state index in [-0.39, 0.29) is 17.5 Å². The highest BCUT2D eigenvalue weighted by molar-refractivity contribution is 7.89. The van der Waals surface area contributed by atoms with E-state index in [1.165, 1.54) is 0 Å². The van der Waals surface area contributed by atoms with Gasteiger partial charge in [0.15, 0.2) is 0 Å². The van der Waals surface area contributed by atoms with E-state index >= 15 is 0 Å². The maximum Gasteiger partial charge on any atom is 0.240 e. The predicted molar refractivity (Wildman–Crippen MR) is 95.7 cm³/mol. The molecule has 0 radical (unpaired) electrons. The van der Waals surface area contributed by atoms with Crippen LogP contribution in [-0.4, -0.2) is 36.2 Å². The van der Waals surface area contributed by atoms with Crippen LogP contribution in [-0.2, 0) is 23.1 Å². The van der Waals surface area contributed by atoms with Gasteiger partial charge in [0.05, 0.1) is 29.4 Å². The molecule has 1 atom stereocenters. The minimum Gasteiger partial charge on any atom is -0.468 e. The molecule has 0 amide bonds. The van der Waals surface area contributed by atoms with Crippen molar-refractivity contribution in [1.82, 2.24) is 19.4 Å². The minimum atomic E-state index is -3.54. The van der Waals surface area contributed by atoms with Crippen LogP contribution in [0.25, 0.3) is 0 Å². The SMILES string of the molecule is O=S(=O)(NCC1CN(Cc2ccco2)Cc2ccnn21)c1ccccc1. The molecule has 0 fully saturated rings. The lowest BCUT2D eigenvalue weighted by atomic mass is 10.2. The van der Waals surface area contributed by atoms with Gasteiger partial charge < -0.3 is 4.42 Å². The maximum absolute atomic E-state index is 12.5. The first-order valence-electron chi connectivity index (χ1n) is 8.44. The van der Waals surface area contributed by atoms with Gasteiger partial charge in [0.25, 0.3) is 0 Å². The van der Waals surface area contributed by atoms with Crippen LogP contribution >= 0.6 is 0 Å². The van der Waals surface area contributed by atoms with Crippen LogP contribution in [0.5, 0.6) is 0 Å². The van der Waals surface area contributed by atoms with Crippen LogP contribution in [0.2, 0.25) is 0 Å². The Kier molecular flexibility index (Phi) is 4.62. The molecule has 3 heterocycles. The number of fused-ring (bicyclic) bond motifs is 1. The second-order valence-electron chi connectivity index (χ2n) is 6.33. The molecule has 8 heteroatoms. The number of aromatic nitrogens is 2. The fraction of sp³-hybridized carbons (Fsp3) is 0.278. The van der Waals surface area contributed by atoms with Crippen molar-refractivity contribution in [1.29, 1.82) is 0 Å². The minimum absolute atomic E-state index is 0.0813. The molecule has 2 aromatic heterocycles. The summed E-state index contributed by atoms with van der Waals surface area (Å²) in [6.07, 6.45) is 3.42. The van der Waals surface area contributed by atoms with Gasteiger partial charge >= 0.3 is 0 Å². The van der Waals surface area contributed by atoms with E-state index in [2.05, 4.69) is 14.7 Å². The third-order valence-electron chi connectivity index (χ3n) is 4.47. The summed E-state index contributed by atoms with van der Waals surface area (Å²) in [6, 6.07) is 14.1. The van der Waals surface area contributed by atoms with Crippen molar-refractivity contribution in [3.8, 4) is 0 Å². The van der Waals surface area contributed by atoms with E-state index in [0.29, 0.717) is 13.1 Å². The summed E-state index contributed by atoms with van der Waals surface area (Å²) in [5.74, 6) is 0.890. The molecule has 0 saturated carbocycles. The van der Waals surface area contributed by atoms with Crippen molar-refractivity contribution in [2.45, 2.75) is 24.0 Å². The average molecular weight is 372 g/mol. The van der Waals surface area contributed by atoms with E-state index in [0.717, 1.165) is 18.0 Å². The zero-order valence-electron chi connectivity index (χ0n) is 14.2. The normalized spacial score (nSPS) is 17.9. The van der Waals surface area contributed by atoms with Crippen LogP contribution in [0.4, 0.5) is 0 Å². The Morgan fingerprint density at radius 2 is 2.00 bits per heavy atom. The summed E-state index contributed by atoms with van der Waals surface area (Å²) in [7, 11) is -3.54. The number of benzene rings is 1. The molecule has 0 saturated heterocycles. The van der Waals surface area contributed by atoms with E-state index in [1.807, 2.05) is 22.9 Å². The second-order valence-corrected chi connectivity index (χ2v) is 8.10. The Morgan fingerprint density at radius 3 is 2.77 bits per heavy atom. The smallest absolute Gasteiger partial charge is 0.240 e. The number of sulfonamides is 1. The van der Waals surface area contributed by atoms with Gasteiger partial charge in [0.1, 0.15) is 5.76 Å². The molecule has 136 valence electrons. The van der Waals surface area contributed by atoms with Crippen molar-refractivity contribution in [2.24, 2.45) is 0 Å². The number of hydrogen-bond donors (Lipinski definition) is 1. The van der Waals surface area contributed by atoms with Gasteiger partial charge in [-0.1, -0.05) is 18.2 Å². The van der Waals surface area contributed by atoms with Gasteiger partial charge in [-0.25, -0.2) is 13.1 Å². The van der Waals surface area contributed by atoms with Crippen LogP contribution in [0.15, 0.2) is 70.3 Å². The molecule has 3 aromatic rings. The highest BCUT2D eigenvalue weighted by Crippen LogP contribution is 2.22. The molecular formula is C18H20N4O3S. The van der Waals surface area contributed by atoms with Gasteiger partial charge in [0, 0.05) is 25.8 Å². The second kappa shape index (κ2) is 7.06. The lowest BCUT2D eigenvalue weighted by Crippen LogP contribution is -2.42. The van der Waals surface area contributed by atoms with Crippen molar-refractivity contribution >= 4 is 10.0 Å². The highest BCUT2D eigenvalue weighted by atomic mass is 32.2. The molecule has 1 aliphatic rings. The van der Waals surface area contributed by atoms with E-state index < -0.39 is 10.0 Å². The summed E-state index contributed by atoms with van der Waals surface area (Å²) >= 11 is 0. The molecule has 7 nitrogen and oxygen atoms in total. The molecule has 26 heavy (non-hydrogen) atoms. The maximum atomic E-state index is 12.5. The van der Waals surface area contributed by atoms with Crippen LogP contribution in [0.1, 0.15) is 17.5 Å². The standard InChI is InChI=1S/C18H20N4O3S/c23-26(24,18-6-2-1-3-7-18)20-11-16-13-21(14-17-5-4-10-25-17)12-15-8-9-19-22(15)16/h1-10,16,20H,11-14H2. The molecule has 0 bridgehead atoms. The van der Waals surface area contributed by atoms with Crippen molar-refractivity contribution < 1.29 is 12.8 Å². The van der Waals surface area contributed by atoms with Crippen LogP contribution in [0, 0.1) is 0 Å². The van der Waals surface area contributed by atoms with E-state index in [9.17, 15) is 8.42 Å². The Bertz CT molecular complexity index is 952. The molecule has 1 N–H and O–H groups in total. The Morgan fingerprint density at radius 1 is 1.15 bits per heavy atom. The number of hydrogen-bond acceptors (Lipinski definition) is 5. The van der Waals surface area contributed by atoms with Crippen LogP contribution < -0.4 is 4.72 Å². The molecule has 1 aliphatic heterocycles. The largest absolute Gasteiger partial charge is 0.468 e. The third kappa shape index (κ3) is 3.57. The number of furan rings is 1. The zero-order valence-corrected chi connectivity index (χ0v) is 15.0. The van der Waals surface area contributed by atoms with Gasteiger partial charge in [-0.15, -0.1) is 0 Å². The lowest BCUT2D eigenvalue weighted by Gasteiger charge is -2.33. The fourth-order valence-electron chi connectivity index (χ4n) is 3.25. The predicted octanol–water partition coefficient (Wildman–Crippen LogP) is 2.01. The summed E-state index contributed by atoms with van der Waals surface area (Å²) in [4.78, 5) is 2.50. The number of nitrogens with one attached hydrogen (secondary N) is 1. The number of nitrogens with zero attached hydrogens (tertiary/aromatic N) is 3. The molecule has 1 aromatic carbocycles. The van der Waals surface area contributed by atoms with E-state index in [4.69, 9.17) is 4.42 Å². The first-order chi connectivity index (χ1) is 12.6. The molecule has 4 rings (SSSR count). The summed E-state index contributed by atoms with van der Waals surface area (Å²) in [5, 5.41) is 4.37. The van der Waals surface area contributed by atoms with Crippen molar-refractivity contribution in [2.75, 3.05) is 13.1 Å². The lowest BCUT2D eigenvalue weighted by molar-refractivity contribution is 0.157. The average Bonchev–Trinajstić information content (AvgIpc) is 3.32. The topological polar surface area (TPSA) is 80.4 Å². The Hall–Kier alpha value is -2.42. The van der Waals surface area contributed by atoms with Gasteiger partial charge in [-0.05, 0) is 30.3 Å². The van der Waals surface area contributed by atoms with Gasteiger partial charge in [-0.2, -0.15) is 5.10 Å². The molecule has 0 spiro atoms. The van der Waals surface area contributed by atoms with Crippen molar-refractivity contribution in [3.63, 3.8) is 0 Å². The quantitative estimate of drug-likeness (QED) is 0.716. The van der Waals surface area contributed by atoms with Gasteiger partial charge in [-0.3, -0.25) is 9.58 Å². The number of rotatable bonds is 6. The first kappa shape index (κ1) is 17.0. The Balaban J connectivity index is 1.48. The first-order valence-corrected chi connectivity index (χ1v) is 9.92. The Labute approximate surface area is 152 Å². The molecule has 0 aliphatic carbocycles. The zero-order chi connectivity index (χ0) is 18.0. The summed E-state index contributed by atoms with van der Waals surface area (Å²) < 4.78 is 35.0. The highest BCUT2D eigenvalue weighted by Gasteiger charge is 2.27. The summed E-state index contributed by atoms with van der Waals surface area (Å²) in [5.41, 5.74) is 1.06. The van der Waals surface area contributed by atoms with Crippen molar-refractivity contribution in [3.05, 3.63) is 72.4 Å². The van der Waals surface area contributed by atoms with E-state index in [1.54, 1.807) is 42.8 Å². The third-order valence-corrected chi connectivity index (χ3v) is 5.91. The van der Waals surface area contributed by atoms with Crippen LogP contribution in [0.3, 0.4) is 0 Å². The molecule has 1 unspecified atom stereocenters. The van der Waals surface area contributed by atoms with Gasteiger partial charge in [0.2, 0.25) is 10.0 Å². The molecular weight excluding hydrogens is 352 g/mol. The summed E-state index contributed by atoms with van der Waals surface area (Å²) in [6.45, 7) is 2.40.